The quantitative estimate of drug-likeness (QED) is 0.392. The third-order valence-electron chi connectivity index (χ3n) is 5.68. The van der Waals surface area contributed by atoms with E-state index in [4.69, 9.17) is 14.7 Å². The second kappa shape index (κ2) is 11.1. The van der Waals surface area contributed by atoms with Crippen molar-refractivity contribution < 1.29 is 18.7 Å². The van der Waals surface area contributed by atoms with E-state index in [1.165, 1.54) is 24.9 Å². The number of nitriles is 1. The zero-order valence-electron chi connectivity index (χ0n) is 18.6. The van der Waals surface area contributed by atoms with Crippen LogP contribution in [0.25, 0.3) is 6.08 Å². The zero-order valence-corrected chi connectivity index (χ0v) is 21.0. The monoisotopic (exact) mass is 543 g/mol. The van der Waals surface area contributed by atoms with Gasteiger partial charge in [0.15, 0.2) is 23.3 Å². The molecule has 1 aliphatic carbocycles. The fourth-order valence-electron chi connectivity index (χ4n) is 4.09. The van der Waals surface area contributed by atoms with Gasteiger partial charge in [0.05, 0.1) is 16.5 Å². The lowest BCUT2D eigenvalue weighted by Gasteiger charge is -2.30. The van der Waals surface area contributed by atoms with Gasteiger partial charge in [-0.3, -0.25) is 9.69 Å². The third-order valence-corrected chi connectivity index (χ3v) is 7.25. The molecule has 2 aromatic carbocycles. The number of carbonyl (C=O) groups excluding carboxylic acids is 1. The predicted molar refractivity (Wildman–Crippen MR) is 135 cm³/mol. The SMILES string of the molecule is COc1cc(/C=C2\SC(=Nc3ccccc3F)N(C3CCCCC3)C2=O)cc(Br)c1OCC#N. The summed E-state index contributed by atoms with van der Waals surface area (Å²) in [4.78, 5) is 20.3. The standard InChI is InChI=1S/C25H23BrFN3O3S/c1-32-21-14-16(13-18(26)23(21)33-12-11-28)15-22-24(31)30(17-7-3-2-4-8-17)25(34-22)29-20-10-6-5-9-19(20)27/h5-6,9-10,13-15,17H,2-4,7-8,12H2,1H3/b22-15-,29-25?. The van der Waals surface area contributed by atoms with Crippen LogP contribution in [-0.2, 0) is 4.79 Å². The van der Waals surface area contributed by atoms with Gasteiger partial charge in [-0.05, 0) is 76.4 Å². The van der Waals surface area contributed by atoms with Gasteiger partial charge in [0.2, 0.25) is 0 Å². The van der Waals surface area contributed by atoms with Crippen LogP contribution in [-0.4, -0.2) is 35.7 Å². The van der Waals surface area contributed by atoms with Crippen LogP contribution in [0, 0.1) is 17.1 Å². The maximum absolute atomic E-state index is 14.3. The van der Waals surface area contributed by atoms with Gasteiger partial charge in [-0.1, -0.05) is 31.4 Å². The highest BCUT2D eigenvalue weighted by atomic mass is 79.9. The molecule has 0 spiro atoms. The number of nitrogens with zero attached hydrogens (tertiary/aromatic N) is 3. The molecule has 0 atom stereocenters. The van der Waals surface area contributed by atoms with Gasteiger partial charge in [0.1, 0.15) is 17.6 Å². The molecule has 2 aliphatic rings. The van der Waals surface area contributed by atoms with Gasteiger partial charge in [-0.15, -0.1) is 0 Å². The van der Waals surface area contributed by atoms with Gasteiger partial charge >= 0.3 is 0 Å². The van der Waals surface area contributed by atoms with Crippen LogP contribution in [0.5, 0.6) is 11.5 Å². The molecule has 4 rings (SSSR count). The topological polar surface area (TPSA) is 74.9 Å². The largest absolute Gasteiger partial charge is 0.493 e. The van der Waals surface area contributed by atoms with Gasteiger partial charge in [-0.2, -0.15) is 5.26 Å². The van der Waals surface area contributed by atoms with Crippen LogP contribution >= 0.6 is 27.7 Å². The molecule has 0 N–H and O–H groups in total. The molecular formula is C25H23BrFN3O3S. The van der Waals surface area contributed by atoms with Crippen molar-refractivity contribution >= 4 is 50.5 Å². The minimum atomic E-state index is -0.425. The molecule has 2 aromatic rings. The van der Waals surface area contributed by atoms with Crippen LogP contribution in [0.15, 0.2) is 50.8 Å². The number of aliphatic imine (C=N–C) groups is 1. The van der Waals surface area contributed by atoms with Crippen LogP contribution in [0.4, 0.5) is 10.1 Å². The first-order valence-corrected chi connectivity index (χ1v) is 12.6. The fraction of sp³-hybridized carbons (Fsp3) is 0.320. The number of hydrogen-bond donors (Lipinski definition) is 0. The van der Waals surface area contributed by atoms with Crippen LogP contribution in [0.2, 0.25) is 0 Å². The highest BCUT2D eigenvalue weighted by Gasteiger charge is 2.38. The van der Waals surface area contributed by atoms with Gasteiger partial charge < -0.3 is 9.47 Å². The Kier molecular flexibility index (Phi) is 7.91. The number of amides is 1. The first-order valence-electron chi connectivity index (χ1n) is 11.0. The highest BCUT2D eigenvalue weighted by Crippen LogP contribution is 2.41. The van der Waals surface area contributed by atoms with E-state index < -0.39 is 5.82 Å². The van der Waals surface area contributed by atoms with Crippen molar-refractivity contribution in [1.82, 2.24) is 4.90 Å². The lowest BCUT2D eigenvalue weighted by atomic mass is 9.94. The van der Waals surface area contributed by atoms with E-state index in [1.807, 2.05) is 6.07 Å². The average Bonchev–Trinajstić information content (AvgIpc) is 3.14. The predicted octanol–water partition coefficient (Wildman–Crippen LogP) is 6.44. The molecule has 0 bridgehead atoms. The Bertz CT molecular complexity index is 1190. The second-order valence-electron chi connectivity index (χ2n) is 7.90. The van der Waals surface area contributed by atoms with Crippen LogP contribution in [0.1, 0.15) is 37.7 Å². The van der Waals surface area contributed by atoms with Crippen molar-refractivity contribution in [3.63, 3.8) is 0 Å². The summed E-state index contributed by atoms with van der Waals surface area (Å²) in [6.45, 7) is -0.115. The molecule has 0 aromatic heterocycles. The lowest BCUT2D eigenvalue weighted by Crippen LogP contribution is -2.40. The van der Waals surface area contributed by atoms with E-state index >= 15 is 0 Å². The van der Waals surface area contributed by atoms with E-state index in [0.29, 0.717) is 26.0 Å². The highest BCUT2D eigenvalue weighted by molar-refractivity contribution is 9.10. The van der Waals surface area contributed by atoms with Gasteiger partial charge in [0.25, 0.3) is 5.91 Å². The number of hydrogen-bond acceptors (Lipinski definition) is 6. The van der Waals surface area contributed by atoms with Gasteiger partial charge in [-0.25, -0.2) is 9.38 Å². The molecule has 1 saturated carbocycles. The number of benzene rings is 2. The van der Waals surface area contributed by atoms with E-state index in [-0.39, 0.29) is 24.2 Å². The summed E-state index contributed by atoms with van der Waals surface area (Å²) in [7, 11) is 1.51. The number of amidine groups is 1. The summed E-state index contributed by atoms with van der Waals surface area (Å²) in [6, 6.07) is 11.8. The van der Waals surface area contributed by atoms with Crippen molar-refractivity contribution in [3.05, 3.63) is 57.2 Å². The average molecular weight is 544 g/mol. The van der Waals surface area contributed by atoms with Crippen molar-refractivity contribution in [1.29, 1.82) is 5.26 Å². The molecule has 1 saturated heterocycles. The van der Waals surface area contributed by atoms with Crippen LogP contribution < -0.4 is 9.47 Å². The molecular weight excluding hydrogens is 521 g/mol. The van der Waals surface area contributed by atoms with E-state index in [9.17, 15) is 9.18 Å². The summed E-state index contributed by atoms with van der Waals surface area (Å²) < 4.78 is 25.8. The maximum atomic E-state index is 14.3. The smallest absolute Gasteiger partial charge is 0.267 e. The van der Waals surface area contributed by atoms with E-state index in [0.717, 1.165) is 37.7 Å². The fourth-order valence-corrected chi connectivity index (χ4v) is 5.72. The van der Waals surface area contributed by atoms with Crippen LogP contribution in [0.3, 0.4) is 0 Å². The number of carbonyl (C=O) groups is 1. The Balaban J connectivity index is 1.71. The minimum absolute atomic E-state index is 0.0493. The second-order valence-corrected chi connectivity index (χ2v) is 9.77. The summed E-state index contributed by atoms with van der Waals surface area (Å²) in [6.07, 6.45) is 6.84. The number of para-hydroxylation sites is 1. The summed E-state index contributed by atoms with van der Waals surface area (Å²) in [5, 5.41) is 9.31. The molecule has 0 unspecified atom stereocenters. The van der Waals surface area contributed by atoms with Crippen molar-refractivity contribution in [3.8, 4) is 17.6 Å². The molecule has 1 aliphatic heterocycles. The zero-order chi connectivity index (χ0) is 24.1. The van der Waals surface area contributed by atoms with E-state index in [1.54, 1.807) is 41.3 Å². The lowest BCUT2D eigenvalue weighted by molar-refractivity contribution is -0.124. The molecule has 0 radical (unpaired) electrons. The van der Waals surface area contributed by atoms with Crippen molar-refractivity contribution in [2.75, 3.05) is 13.7 Å². The first kappa shape index (κ1) is 24.3. The number of halogens is 2. The van der Waals surface area contributed by atoms with Crippen molar-refractivity contribution in [2.24, 2.45) is 4.99 Å². The summed E-state index contributed by atoms with van der Waals surface area (Å²) >= 11 is 4.71. The number of thioether (sulfide) groups is 1. The molecule has 34 heavy (non-hydrogen) atoms. The normalized spacial score (nSPS) is 19.0. The summed E-state index contributed by atoms with van der Waals surface area (Å²) in [5.41, 5.74) is 0.933. The summed E-state index contributed by atoms with van der Waals surface area (Å²) in [5.74, 6) is 0.302. The Hall–Kier alpha value is -2.83. The molecule has 9 heteroatoms. The minimum Gasteiger partial charge on any atom is -0.493 e. The van der Waals surface area contributed by atoms with E-state index in [2.05, 4.69) is 20.9 Å². The Morgan fingerprint density at radius 2 is 2.06 bits per heavy atom. The molecule has 6 nitrogen and oxygen atoms in total. The Labute approximate surface area is 210 Å². The molecule has 1 amide bonds. The third kappa shape index (κ3) is 5.29. The number of ether oxygens (including phenoxy) is 2. The van der Waals surface area contributed by atoms with Gasteiger partial charge in [0, 0.05) is 6.04 Å². The number of rotatable bonds is 6. The molecule has 1 heterocycles. The Morgan fingerprint density at radius 3 is 2.76 bits per heavy atom. The first-order chi connectivity index (χ1) is 16.5. The molecule has 2 fully saturated rings. The Morgan fingerprint density at radius 1 is 1.29 bits per heavy atom. The number of methoxy groups -OCH3 is 1. The van der Waals surface area contributed by atoms with Crippen molar-refractivity contribution in [2.45, 2.75) is 38.1 Å². The maximum Gasteiger partial charge on any atom is 0.267 e. The molecule has 176 valence electrons.